The average molecular weight is 334 g/mol. The van der Waals surface area contributed by atoms with E-state index in [0.717, 1.165) is 25.7 Å². The standard InChI is InChI=1S/C18H27N3OS/c1-17(2,3)18(22,13-21-16(23)19-14-20-21)12-8-7-11-15-9-5-4-6-10-15/h4-6,9-10,14,22H,7-8,11-13H2,1-3H3,(H,19,20,23). The van der Waals surface area contributed by atoms with Gasteiger partial charge < -0.3 is 5.11 Å². The lowest BCUT2D eigenvalue weighted by Gasteiger charge is -2.40. The van der Waals surface area contributed by atoms with E-state index in [1.54, 1.807) is 4.68 Å². The van der Waals surface area contributed by atoms with E-state index in [1.807, 2.05) is 6.07 Å². The van der Waals surface area contributed by atoms with Gasteiger partial charge in [-0.2, -0.15) is 5.10 Å². The van der Waals surface area contributed by atoms with Crippen LogP contribution in [0.5, 0.6) is 0 Å². The van der Waals surface area contributed by atoms with Crippen LogP contribution < -0.4 is 0 Å². The molecule has 2 aromatic rings. The molecule has 1 atom stereocenters. The van der Waals surface area contributed by atoms with E-state index in [-0.39, 0.29) is 5.41 Å². The zero-order chi connectivity index (χ0) is 16.9. The molecule has 0 radical (unpaired) electrons. The Bertz CT molecular complexity index is 606. The van der Waals surface area contributed by atoms with Crippen LogP contribution in [0.1, 0.15) is 45.6 Å². The van der Waals surface area contributed by atoms with Gasteiger partial charge in [-0.3, -0.25) is 0 Å². The lowest BCUT2D eigenvalue weighted by molar-refractivity contribution is -0.0829. The van der Waals surface area contributed by atoms with Crippen molar-refractivity contribution in [1.82, 2.24) is 14.8 Å². The van der Waals surface area contributed by atoms with Crippen molar-refractivity contribution in [3.05, 3.63) is 42.2 Å². The maximum atomic E-state index is 11.2. The lowest BCUT2D eigenvalue weighted by Crippen LogP contribution is -2.46. The number of aliphatic hydroxyl groups is 1. The summed E-state index contributed by atoms with van der Waals surface area (Å²) in [5, 5.41) is 15.9. The molecule has 1 N–H and O–H groups in total. The summed E-state index contributed by atoms with van der Waals surface area (Å²) in [6.45, 7) is 6.62. The van der Waals surface area contributed by atoms with Crippen molar-refractivity contribution < 1.29 is 5.11 Å². The van der Waals surface area contributed by atoms with Gasteiger partial charge in [0.2, 0.25) is 0 Å². The normalized spacial score (nSPS) is 14.7. The van der Waals surface area contributed by atoms with Gasteiger partial charge in [0.1, 0.15) is 6.33 Å². The third-order valence-corrected chi connectivity index (χ3v) is 4.90. The van der Waals surface area contributed by atoms with Gasteiger partial charge in [0.05, 0.1) is 12.1 Å². The van der Waals surface area contributed by atoms with Gasteiger partial charge >= 0.3 is 0 Å². The van der Waals surface area contributed by atoms with E-state index in [1.165, 1.54) is 11.9 Å². The van der Waals surface area contributed by atoms with Crippen molar-refractivity contribution in [3.8, 4) is 0 Å². The van der Waals surface area contributed by atoms with Crippen molar-refractivity contribution >= 4 is 12.6 Å². The van der Waals surface area contributed by atoms with E-state index < -0.39 is 5.60 Å². The van der Waals surface area contributed by atoms with E-state index in [4.69, 9.17) is 0 Å². The summed E-state index contributed by atoms with van der Waals surface area (Å²) in [5.74, 6) is 0. The maximum Gasteiger partial charge on any atom is 0.183 e. The van der Waals surface area contributed by atoms with Gasteiger partial charge in [-0.05, 0) is 30.2 Å². The van der Waals surface area contributed by atoms with E-state index in [0.29, 0.717) is 11.7 Å². The highest BCUT2D eigenvalue weighted by Crippen LogP contribution is 2.36. The van der Waals surface area contributed by atoms with Crippen LogP contribution >= 0.6 is 12.6 Å². The molecule has 0 spiro atoms. The first-order valence-corrected chi connectivity index (χ1v) is 8.60. The molecule has 1 unspecified atom stereocenters. The second-order valence-corrected chi connectivity index (χ2v) is 7.59. The first-order chi connectivity index (χ1) is 10.8. The number of aromatic nitrogens is 3. The van der Waals surface area contributed by atoms with Crippen LogP contribution in [-0.2, 0) is 13.0 Å². The van der Waals surface area contributed by atoms with Gasteiger partial charge in [0.25, 0.3) is 0 Å². The van der Waals surface area contributed by atoms with Crippen molar-refractivity contribution in [1.29, 1.82) is 0 Å². The number of unbranched alkanes of at least 4 members (excludes halogenated alkanes) is 1. The Morgan fingerprint density at radius 1 is 1.13 bits per heavy atom. The molecule has 2 rings (SSSR count). The molecule has 5 heteroatoms. The van der Waals surface area contributed by atoms with E-state index in [9.17, 15) is 5.11 Å². The SMILES string of the molecule is CC(C)(C)C(O)(CCCCc1ccccc1)Cn1ncnc1S. The average Bonchev–Trinajstić information content (AvgIpc) is 2.89. The van der Waals surface area contributed by atoms with Gasteiger partial charge in [0, 0.05) is 0 Å². The molecule has 0 bridgehead atoms. The van der Waals surface area contributed by atoms with Crippen LogP contribution in [-0.4, -0.2) is 25.5 Å². The van der Waals surface area contributed by atoms with Gasteiger partial charge in [-0.1, -0.05) is 57.5 Å². The largest absolute Gasteiger partial charge is 0.387 e. The van der Waals surface area contributed by atoms with Crippen LogP contribution in [0.15, 0.2) is 41.8 Å². The zero-order valence-corrected chi connectivity index (χ0v) is 15.1. The van der Waals surface area contributed by atoms with Crippen LogP contribution in [0, 0.1) is 5.41 Å². The summed E-state index contributed by atoms with van der Waals surface area (Å²) < 4.78 is 1.67. The number of thiol groups is 1. The van der Waals surface area contributed by atoms with Crippen LogP contribution in [0.25, 0.3) is 0 Å². The van der Waals surface area contributed by atoms with Crippen LogP contribution in [0.4, 0.5) is 0 Å². The minimum Gasteiger partial charge on any atom is -0.387 e. The molecule has 0 aliphatic carbocycles. The lowest BCUT2D eigenvalue weighted by atomic mass is 9.73. The third kappa shape index (κ3) is 4.82. The minimum atomic E-state index is -0.838. The number of rotatable bonds is 7. The minimum absolute atomic E-state index is 0.244. The summed E-state index contributed by atoms with van der Waals surface area (Å²) in [7, 11) is 0. The van der Waals surface area contributed by atoms with Gasteiger partial charge in [-0.15, -0.1) is 12.6 Å². The molecule has 1 aromatic heterocycles. The molecule has 0 amide bonds. The fourth-order valence-corrected chi connectivity index (χ4v) is 2.87. The highest BCUT2D eigenvalue weighted by atomic mass is 32.1. The smallest absolute Gasteiger partial charge is 0.183 e. The molecular formula is C18H27N3OS. The fraction of sp³-hybridized carbons (Fsp3) is 0.556. The second kappa shape index (κ2) is 7.49. The molecular weight excluding hydrogens is 306 g/mol. The van der Waals surface area contributed by atoms with Crippen molar-refractivity contribution in [2.24, 2.45) is 5.41 Å². The summed E-state index contributed by atoms with van der Waals surface area (Å²) in [5.41, 5.74) is 0.265. The van der Waals surface area contributed by atoms with Crippen LogP contribution in [0.2, 0.25) is 0 Å². The molecule has 4 nitrogen and oxygen atoms in total. The molecule has 0 aliphatic heterocycles. The monoisotopic (exact) mass is 333 g/mol. The number of benzene rings is 1. The number of hydrogen-bond donors (Lipinski definition) is 2. The Kier molecular flexibility index (Phi) is 5.87. The highest BCUT2D eigenvalue weighted by molar-refractivity contribution is 7.80. The molecule has 0 fully saturated rings. The van der Waals surface area contributed by atoms with Crippen molar-refractivity contribution in [3.63, 3.8) is 0 Å². The van der Waals surface area contributed by atoms with E-state index >= 15 is 0 Å². The Labute approximate surface area is 144 Å². The summed E-state index contributed by atoms with van der Waals surface area (Å²) in [6.07, 6.45) is 5.28. The molecule has 126 valence electrons. The third-order valence-electron chi connectivity index (χ3n) is 4.55. The van der Waals surface area contributed by atoms with Crippen LogP contribution in [0.3, 0.4) is 0 Å². The summed E-state index contributed by atoms with van der Waals surface area (Å²) >= 11 is 4.29. The molecule has 0 aliphatic rings. The maximum absolute atomic E-state index is 11.2. The first-order valence-electron chi connectivity index (χ1n) is 8.15. The summed E-state index contributed by atoms with van der Waals surface area (Å²) in [6, 6.07) is 10.5. The fourth-order valence-electron chi connectivity index (χ4n) is 2.70. The van der Waals surface area contributed by atoms with Gasteiger partial charge in [0.15, 0.2) is 5.16 Å². The Hall–Kier alpha value is -1.33. The Morgan fingerprint density at radius 2 is 1.83 bits per heavy atom. The first kappa shape index (κ1) is 18.0. The van der Waals surface area contributed by atoms with Gasteiger partial charge in [-0.25, -0.2) is 9.67 Å². The zero-order valence-electron chi connectivity index (χ0n) is 14.2. The van der Waals surface area contributed by atoms with Crippen molar-refractivity contribution in [2.45, 2.75) is 63.8 Å². The Balaban J connectivity index is 1.95. The van der Waals surface area contributed by atoms with Crippen molar-refractivity contribution in [2.75, 3.05) is 0 Å². The number of hydrogen-bond acceptors (Lipinski definition) is 4. The number of nitrogens with zero attached hydrogens (tertiary/aromatic N) is 3. The predicted octanol–water partition coefficient (Wildman–Crippen LogP) is 3.76. The second-order valence-electron chi connectivity index (χ2n) is 7.19. The number of aryl methyl sites for hydroxylation is 1. The van der Waals surface area contributed by atoms with E-state index in [2.05, 4.69) is 67.7 Å². The topological polar surface area (TPSA) is 50.9 Å². The molecule has 1 heterocycles. The summed E-state index contributed by atoms with van der Waals surface area (Å²) in [4.78, 5) is 4.02. The Morgan fingerprint density at radius 3 is 2.39 bits per heavy atom. The molecule has 1 aromatic carbocycles. The predicted molar refractivity (Wildman–Crippen MR) is 95.7 cm³/mol. The molecule has 23 heavy (non-hydrogen) atoms. The highest BCUT2D eigenvalue weighted by Gasteiger charge is 2.40. The molecule has 0 saturated heterocycles. The quantitative estimate of drug-likeness (QED) is 0.599. The molecule has 0 saturated carbocycles.